The van der Waals surface area contributed by atoms with Crippen LogP contribution in [0.25, 0.3) is 0 Å². The third-order valence-corrected chi connectivity index (χ3v) is 8.56. The number of amides is 2. The molecule has 0 aliphatic heterocycles. The van der Waals surface area contributed by atoms with E-state index < -0.39 is 26.0 Å². The molecule has 0 aromatic rings. The van der Waals surface area contributed by atoms with Gasteiger partial charge in [-0.3, -0.25) is 18.9 Å². The summed E-state index contributed by atoms with van der Waals surface area (Å²) in [5.74, 6) is -1.14. The molecule has 0 unspecified atom stereocenters. The fourth-order valence-corrected chi connectivity index (χ4v) is 5.81. The Morgan fingerprint density at radius 3 is 1.57 bits per heavy atom. The van der Waals surface area contributed by atoms with Gasteiger partial charge < -0.3 is 14.8 Å². The zero-order chi connectivity index (χ0) is 30.0. The number of unbranched alkanes of at least 4 members (excludes halogenated alkanes) is 14. The van der Waals surface area contributed by atoms with Crippen LogP contribution in [0.15, 0.2) is 0 Å². The summed E-state index contributed by atoms with van der Waals surface area (Å²) in [7, 11) is -5.97. The average molecular weight is 615 g/mol. The van der Waals surface area contributed by atoms with Crippen molar-refractivity contribution in [2.45, 2.75) is 116 Å². The van der Waals surface area contributed by atoms with Crippen LogP contribution in [0.4, 0.5) is 0 Å². The largest absolute Gasteiger partial charge is 0.382 e. The Hall–Kier alpha value is -1.28. The smallest absolute Gasteiger partial charge is 0.264 e. The van der Waals surface area contributed by atoms with Gasteiger partial charge in [-0.2, -0.15) is 8.42 Å². The lowest BCUT2D eigenvalue weighted by molar-refractivity contribution is -0.121. The quantitative estimate of drug-likeness (QED) is 0.0830. The number of carbonyl (C=O) groups is 2. The van der Waals surface area contributed by atoms with Gasteiger partial charge >= 0.3 is 0 Å². The third-order valence-electron chi connectivity index (χ3n) is 6.39. The predicted molar refractivity (Wildman–Crippen MR) is 157 cm³/mol. The van der Waals surface area contributed by atoms with Gasteiger partial charge in [0.1, 0.15) is 0 Å². The Kier molecular flexibility index (Phi) is 24.6. The van der Waals surface area contributed by atoms with Crippen LogP contribution in [-0.2, 0) is 39.2 Å². The van der Waals surface area contributed by atoms with Gasteiger partial charge in [-0.05, 0) is 19.3 Å². The summed E-state index contributed by atoms with van der Waals surface area (Å²) >= 11 is 0. The van der Waals surface area contributed by atoms with Crippen LogP contribution in [-0.4, -0.2) is 78.2 Å². The molecule has 0 rings (SSSR count). The van der Waals surface area contributed by atoms with E-state index in [0.717, 1.165) is 38.5 Å². The zero-order valence-electron chi connectivity index (χ0n) is 24.5. The average Bonchev–Trinajstić information content (AvgIpc) is 2.86. The first-order valence-electron chi connectivity index (χ1n) is 14.9. The van der Waals surface area contributed by atoms with Crippen molar-refractivity contribution in [3.05, 3.63) is 0 Å². The van der Waals surface area contributed by atoms with Crippen molar-refractivity contribution in [3.63, 3.8) is 0 Å². The van der Waals surface area contributed by atoms with E-state index in [-0.39, 0.29) is 36.7 Å². The maximum Gasteiger partial charge on any atom is 0.264 e. The molecule has 0 radical (unpaired) electrons. The fourth-order valence-electron chi connectivity index (χ4n) is 4.16. The van der Waals surface area contributed by atoms with Gasteiger partial charge in [0.05, 0.1) is 31.3 Å². The molecule has 0 atom stereocenters. The maximum atomic E-state index is 12.1. The van der Waals surface area contributed by atoms with E-state index in [1.807, 2.05) is 0 Å². The topological polar surface area (TPSA) is 165 Å². The van der Waals surface area contributed by atoms with Gasteiger partial charge in [-0.15, -0.1) is 0 Å². The highest BCUT2D eigenvalue weighted by Gasteiger charge is 2.15. The Labute approximate surface area is 242 Å². The lowest BCUT2D eigenvalue weighted by atomic mass is 10.0. The van der Waals surface area contributed by atoms with E-state index in [2.05, 4.69) is 10.0 Å². The summed E-state index contributed by atoms with van der Waals surface area (Å²) in [5, 5.41) is 2.66. The van der Waals surface area contributed by atoms with Crippen LogP contribution in [0.5, 0.6) is 0 Å². The standard InChI is InChI=1S/C27H54N2O9S2/c1-37-22-23-38-21-20-28-26(30)19-17-24-39(32,33)29-27(31)18-15-13-11-9-7-5-3-2-4-6-8-10-12-14-16-25-40(34,35)36/h2-25H2,1H3,(H,28,30)(H,29,31)(H,34,35,36). The summed E-state index contributed by atoms with van der Waals surface area (Å²) in [6, 6.07) is 0. The van der Waals surface area contributed by atoms with Gasteiger partial charge in [0.25, 0.3) is 10.1 Å². The molecule has 0 bridgehead atoms. The van der Waals surface area contributed by atoms with Crippen molar-refractivity contribution in [2.75, 3.05) is 45.0 Å². The normalized spacial score (nSPS) is 11.9. The van der Waals surface area contributed by atoms with Crippen LogP contribution < -0.4 is 10.0 Å². The van der Waals surface area contributed by atoms with E-state index in [1.165, 1.54) is 44.9 Å². The number of carbonyl (C=O) groups excluding carboxylic acids is 2. The van der Waals surface area contributed by atoms with Gasteiger partial charge in [0, 0.05) is 26.5 Å². The first kappa shape index (κ1) is 38.7. The Morgan fingerprint density at radius 2 is 1.07 bits per heavy atom. The fraction of sp³-hybridized carbons (Fsp3) is 0.926. The number of hydrogen-bond donors (Lipinski definition) is 3. The van der Waals surface area contributed by atoms with E-state index in [0.29, 0.717) is 39.2 Å². The van der Waals surface area contributed by atoms with Gasteiger partial charge in [0.15, 0.2) is 0 Å². The second-order valence-electron chi connectivity index (χ2n) is 10.2. The zero-order valence-corrected chi connectivity index (χ0v) is 26.1. The number of rotatable bonds is 29. The highest BCUT2D eigenvalue weighted by Crippen LogP contribution is 2.14. The van der Waals surface area contributed by atoms with Crippen molar-refractivity contribution >= 4 is 32.0 Å². The van der Waals surface area contributed by atoms with Crippen molar-refractivity contribution < 1.29 is 40.5 Å². The number of sulfonamides is 1. The lowest BCUT2D eigenvalue weighted by Crippen LogP contribution is -2.33. The molecule has 238 valence electrons. The first-order chi connectivity index (χ1) is 19.1. The van der Waals surface area contributed by atoms with Crippen LogP contribution >= 0.6 is 0 Å². The van der Waals surface area contributed by atoms with Crippen molar-refractivity contribution in [3.8, 4) is 0 Å². The van der Waals surface area contributed by atoms with Gasteiger partial charge in [0.2, 0.25) is 21.8 Å². The molecule has 11 nitrogen and oxygen atoms in total. The van der Waals surface area contributed by atoms with E-state index in [1.54, 1.807) is 7.11 Å². The molecule has 0 aliphatic carbocycles. The lowest BCUT2D eigenvalue weighted by Gasteiger charge is -2.08. The van der Waals surface area contributed by atoms with Crippen molar-refractivity contribution in [1.29, 1.82) is 0 Å². The van der Waals surface area contributed by atoms with Crippen molar-refractivity contribution in [1.82, 2.24) is 10.0 Å². The third kappa shape index (κ3) is 29.7. The molecule has 0 spiro atoms. The van der Waals surface area contributed by atoms with Crippen LogP contribution in [0.1, 0.15) is 116 Å². The molecule has 0 heterocycles. The summed E-state index contributed by atoms with van der Waals surface area (Å²) < 4.78 is 66.3. The monoisotopic (exact) mass is 614 g/mol. The summed E-state index contributed by atoms with van der Waals surface area (Å²) in [5.41, 5.74) is 0. The number of ether oxygens (including phenoxy) is 2. The second kappa shape index (κ2) is 25.4. The summed E-state index contributed by atoms with van der Waals surface area (Å²) in [6.45, 7) is 1.64. The Bertz CT molecular complexity index is 850. The molecule has 3 N–H and O–H groups in total. The number of hydrogen-bond acceptors (Lipinski definition) is 8. The van der Waals surface area contributed by atoms with Crippen LogP contribution in [0.3, 0.4) is 0 Å². The van der Waals surface area contributed by atoms with Gasteiger partial charge in [-0.1, -0.05) is 83.5 Å². The first-order valence-corrected chi connectivity index (χ1v) is 18.1. The van der Waals surface area contributed by atoms with Crippen LogP contribution in [0.2, 0.25) is 0 Å². The minimum absolute atomic E-state index is 0.0667. The molecule has 2 amide bonds. The van der Waals surface area contributed by atoms with E-state index >= 15 is 0 Å². The summed E-state index contributed by atoms with van der Waals surface area (Å²) in [4.78, 5) is 23.7. The maximum absolute atomic E-state index is 12.1. The Morgan fingerprint density at radius 1 is 0.600 bits per heavy atom. The number of nitrogens with one attached hydrogen (secondary N) is 2. The number of methoxy groups -OCH3 is 1. The molecule has 0 saturated carbocycles. The van der Waals surface area contributed by atoms with E-state index in [4.69, 9.17) is 14.0 Å². The second-order valence-corrected chi connectivity index (χ2v) is 13.7. The SMILES string of the molecule is COCCOCCNC(=O)CCCS(=O)(=O)NC(=O)CCCCCCCCCCCCCCCCCS(=O)(=O)O. The molecule has 0 aromatic heterocycles. The highest BCUT2D eigenvalue weighted by molar-refractivity contribution is 7.90. The molecule has 0 fully saturated rings. The molecule has 40 heavy (non-hydrogen) atoms. The minimum atomic E-state index is -3.81. The molecular weight excluding hydrogens is 560 g/mol. The predicted octanol–water partition coefficient (Wildman–Crippen LogP) is 4.12. The molecule has 0 saturated heterocycles. The van der Waals surface area contributed by atoms with Gasteiger partial charge in [-0.25, -0.2) is 8.42 Å². The highest BCUT2D eigenvalue weighted by atomic mass is 32.2. The van der Waals surface area contributed by atoms with Crippen molar-refractivity contribution in [2.24, 2.45) is 0 Å². The molecular formula is C27H54N2O9S2. The minimum Gasteiger partial charge on any atom is -0.382 e. The Balaban J connectivity index is 3.52. The molecule has 0 aromatic carbocycles. The van der Waals surface area contributed by atoms with Crippen LogP contribution in [0, 0.1) is 0 Å². The molecule has 13 heteroatoms. The molecule has 0 aliphatic rings. The van der Waals surface area contributed by atoms with E-state index in [9.17, 15) is 26.4 Å². The summed E-state index contributed by atoms with van der Waals surface area (Å²) in [6.07, 6.45) is 16.0.